The van der Waals surface area contributed by atoms with Gasteiger partial charge in [0.25, 0.3) is 0 Å². The minimum Gasteiger partial charge on any atom is -0.301 e. The first-order valence-electron chi connectivity index (χ1n) is 10.9. The first kappa shape index (κ1) is 20.2. The van der Waals surface area contributed by atoms with E-state index in [0.717, 1.165) is 29.7 Å². The molecule has 1 saturated carbocycles. The third-order valence-electron chi connectivity index (χ3n) is 6.55. The van der Waals surface area contributed by atoms with Crippen LogP contribution in [0.3, 0.4) is 0 Å². The largest absolute Gasteiger partial charge is 0.301 e. The Labute approximate surface area is 152 Å². The maximum atomic E-state index is 2.71. The van der Waals surface area contributed by atoms with Gasteiger partial charge in [0, 0.05) is 38.8 Å². The lowest BCUT2D eigenvalue weighted by Crippen LogP contribution is -2.49. The Morgan fingerprint density at radius 2 is 1.38 bits per heavy atom. The number of rotatable bonds is 8. The van der Waals surface area contributed by atoms with Crippen molar-refractivity contribution in [1.29, 1.82) is 0 Å². The third kappa shape index (κ3) is 7.04. The summed E-state index contributed by atoms with van der Waals surface area (Å²) in [5, 5.41) is 0. The van der Waals surface area contributed by atoms with Gasteiger partial charge in [-0.1, -0.05) is 52.9 Å². The first-order chi connectivity index (χ1) is 11.4. The van der Waals surface area contributed by atoms with Gasteiger partial charge in [-0.15, -0.1) is 0 Å². The second-order valence-corrected chi connectivity index (χ2v) is 9.63. The highest BCUT2D eigenvalue weighted by atomic mass is 15.3. The molecule has 0 aromatic rings. The summed E-state index contributed by atoms with van der Waals surface area (Å²) in [7, 11) is 0. The van der Waals surface area contributed by atoms with Gasteiger partial charge in [-0.3, -0.25) is 4.90 Å². The number of hydrogen-bond donors (Lipinski definition) is 0. The van der Waals surface area contributed by atoms with E-state index in [-0.39, 0.29) is 0 Å². The summed E-state index contributed by atoms with van der Waals surface area (Å²) in [6.45, 7) is 18.3. The molecule has 2 aliphatic rings. The molecule has 1 aliphatic carbocycles. The minimum absolute atomic E-state index is 0.718. The van der Waals surface area contributed by atoms with E-state index in [1.165, 1.54) is 77.7 Å². The van der Waals surface area contributed by atoms with Crippen LogP contribution in [0.2, 0.25) is 0 Å². The molecule has 2 fully saturated rings. The number of nitrogens with zero attached hydrogens (tertiary/aromatic N) is 2. The van der Waals surface area contributed by atoms with E-state index in [4.69, 9.17) is 0 Å². The summed E-state index contributed by atoms with van der Waals surface area (Å²) in [6, 6.07) is 0.718. The van der Waals surface area contributed by atoms with Crippen molar-refractivity contribution in [3.8, 4) is 0 Å². The van der Waals surface area contributed by atoms with Crippen molar-refractivity contribution in [2.75, 3.05) is 32.7 Å². The zero-order valence-corrected chi connectivity index (χ0v) is 17.3. The van der Waals surface area contributed by atoms with Crippen LogP contribution in [0.5, 0.6) is 0 Å². The van der Waals surface area contributed by atoms with Crippen LogP contribution in [0.4, 0.5) is 0 Å². The summed E-state index contributed by atoms with van der Waals surface area (Å²) >= 11 is 0. The van der Waals surface area contributed by atoms with Gasteiger partial charge in [-0.2, -0.15) is 0 Å². The van der Waals surface area contributed by atoms with Crippen LogP contribution in [0.15, 0.2) is 0 Å². The summed E-state index contributed by atoms with van der Waals surface area (Å²) in [6.07, 6.45) is 10.4. The maximum absolute atomic E-state index is 2.71. The van der Waals surface area contributed by atoms with E-state index in [2.05, 4.69) is 44.4 Å². The molecule has 0 bridgehead atoms. The molecule has 142 valence electrons. The van der Waals surface area contributed by atoms with E-state index in [9.17, 15) is 0 Å². The van der Waals surface area contributed by atoms with E-state index < -0.39 is 0 Å². The summed E-state index contributed by atoms with van der Waals surface area (Å²) in [4.78, 5) is 5.33. The van der Waals surface area contributed by atoms with Crippen molar-refractivity contribution in [3.63, 3.8) is 0 Å². The summed E-state index contributed by atoms with van der Waals surface area (Å²) in [5.41, 5.74) is 0. The fraction of sp³-hybridized carbons (Fsp3) is 1.00. The Balaban J connectivity index is 1.56. The Bertz CT molecular complexity index is 323. The predicted octanol–water partition coefficient (Wildman–Crippen LogP) is 5.28. The molecular formula is C22H44N2. The van der Waals surface area contributed by atoms with E-state index in [0.29, 0.717) is 0 Å². The fourth-order valence-corrected chi connectivity index (χ4v) is 4.94. The molecule has 0 amide bonds. The molecule has 1 heterocycles. The monoisotopic (exact) mass is 336 g/mol. The van der Waals surface area contributed by atoms with Gasteiger partial charge in [-0.25, -0.2) is 0 Å². The van der Waals surface area contributed by atoms with Crippen LogP contribution >= 0.6 is 0 Å². The smallest absolute Gasteiger partial charge is 0.0113 e. The van der Waals surface area contributed by atoms with Gasteiger partial charge >= 0.3 is 0 Å². The van der Waals surface area contributed by atoms with Crippen molar-refractivity contribution in [2.45, 2.75) is 85.6 Å². The molecule has 0 N–H and O–H groups in total. The average molecular weight is 337 g/mol. The van der Waals surface area contributed by atoms with Crippen molar-refractivity contribution < 1.29 is 0 Å². The minimum atomic E-state index is 0.718. The second-order valence-electron chi connectivity index (χ2n) is 9.63. The molecule has 0 radical (unpaired) electrons. The van der Waals surface area contributed by atoms with Gasteiger partial charge in [0.2, 0.25) is 0 Å². The summed E-state index contributed by atoms with van der Waals surface area (Å²) in [5.74, 6) is 3.84. The van der Waals surface area contributed by atoms with E-state index in [1.54, 1.807) is 0 Å². The van der Waals surface area contributed by atoms with Crippen molar-refractivity contribution in [3.05, 3.63) is 0 Å². The zero-order valence-electron chi connectivity index (χ0n) is 17.3. The van der Waals surface area contributed by atoms with Crippen molar-refractivity contribution in [2.24, 2.45) is 23.7 Å². The second kappa shape index (κ2) is 10.2. The lowest BCUT2D eigenvalue weighted by Gasteiger charge is -2.38. The first-order valence-corrected chi connectivity index (χ1v) is 10.9. The van der Waals surface area contributed by atoms with Gasteiger partial charge in [0.05, 0.1) is 0 Å². The Kier molecular flexibility index (Phi) is 8.57. The van der Waals surface area contributed by atoms with E-state index >= 15 is 0 Å². The van der Waals surface area contributed by atoms with Crippen LogP contribution in [-0.2, 0) is 0 Å². The van der Waals surface area contributed by atoms with Gasteiger partial charge < -0.3 is 4.90 Å². The highest BCUT2D eigenvalue weighted by molar-refractivity contribution is 4.77. The van der Waals surface area contributed by atoms with Crippen LogP contribution < -0.4 is 0 Å². The third-order valence-corrected chi connectivity index (χ3v) is 6.55. The molecule has 0 aromatic heterocycles. The Morgan fingerprint density at radius 3 is 1.92 bits per heavy atom. The molecule has 1 atom stereocenters. The molecule has 0 spiro atoms. The molecule has 1 unspecified atom stereocenters. The lowest BCUT2D eigenvalue weighted by atomic mass is 9.76. The SMILES string of the molecule is CC(C)CC1CCC(CCC(C)CN2CCN(C(C)C)CC2)CC1. The highest BCUT2D eigenvalue weighted by Gasteiger charge is 2.23. The Morgan fingerprint density at radius 1 is 0.792 bits per heavy atom. The van der Waals surface area contributed by atoms with E-state index in [1.807, 2.05) is 0 Å². The molecule has 1 aliphatic heterocycles. The predicted molar refractivity (Wildman–Crippen MR) is 106 cm³/mol. The van der Waals surface area contributed by atoms with Gasteiger partial charge in [0.1, 0.15) is 0 Å². The number of hydrogen-bond acceptors (Lipinski definition) is 2. The topological polar surface area (TPSA) is 6.48 Å². The van der Waals surface area contributed by atoms with Crippen molar-refractivity contribution >= 4 is 0 Å². The summed E-state index contributed by atoms with van der Waals surface area (Å²) < 4.78 is 0. The van der Waals surface area contributed by atoms with Crippen LogP contribution in [-0.4, -0.2) is 48.6 Å². The fourth-order valence-electron chi connectivity index (χ4n) is 4.94. The molecule has 2 nitrogen and oxygen atoms in total. The van der Waals surface area contributed by atoms with Gasteiger partial charge in [0.15, 0.2) is 0 Å². The average Bonchev–Trinajstić information content (AvgIpc) is 2.54. The Hall–Kier alpha value is -0.0800. The van der Waals surface area contributed by atoms with Crippen molar-refractivity contribution in [1.82, 2.24) is 9.80 Å². The zero-order chi connectivity index (χ0) is 17.5. The van der Waals surface area contributed by atoms with Crippen LogP contribution in [0.1, 0.15) is 79.6 Å². The quantitative estimate of drug-likeness (QED) is 0.595. The number of piperazine rings is 1. The molecule has 24 heavy (non-hydrogen) atoms. The lowest BCUT2D eigenvalue weighted by molar-refractivity contribution is 0.0960. The van der Waals surface area contributed by atoms with Crippen LogP contribution in [0, 0.1) is 23.7 Å². The molecule has 1 saturated heterocycles. The standard InChI is InChI=1S/C22H44N2/c1-18(2)16-22-10-8-21(9-11-22)7-6-20(5)17-23-12-14-24(15-13-23)19(3)4/h18-22H,6-17H2,1-5H3. The molecule has 2 rings (SSSR count). The maximum Gasteiger partial charge on any atom is 0.0113 e. The van der Waals surface area contributed by atoms with Gasteiger partial charge in [-0.05, 0) is 50.4 Å². The molecule has 2 heteroatoms. The highest BCUT2D eigenvalue weighted by Crippen LogP contribution is 2.35. The molecular weight excluding hydrogens is 292 g/mol. The normalized spacial score (nSPS) is 28.6. The van der Waals surface area contributed by atoms with Crippen LogP contribution in [0.25, 0.3) is 0 Å². The molecule has 0 aromatic carbocycles.